The highest BCUT2D eigenvalue weighted by Gasteiger charge is 2.38. The van der Waals surface area contributed by atoms with Gasteiger partial charge in [0.05, 0.1) is 12.7 Å². The smallest absolute Gasteiger partial charge is 0.123 e. The molecule has 3 nitrogen and oxygen atoms in total. The van der Waals surface area contributed by atoms with Crippen molar-refractivity contribution in [2.24, 2.45) is 0 Å². The monoisotopic (exact) mass is 351 g/mol. The third-order valence-electron chi connectivity index (χ3n) is 4.67. The predicted octanol–water partition coefficient (Wildman–Crippen LogP) is 3.44. The van der Waals surface area contributed by atoms with Crippen molar-refractivity contribution in [3.05, 3.63) is 65.5 Å². The van der Waals surface area contributed by atoms with Gasteiger partial charge in [-0.25, -0.2) is 4.39 Å². The van der Waals surface area contributed by atoms with E-state index in [1.807, 2.05) is 18.2 Å². The number of phenols is 1. The minimum atomic E-state index is -0.361. The van der Waals surface area contributed by atoms with Crippen molar-refractivity contribution < 1.29 is 14.2 Å². The molecule has 130 valence electrons. The molecule has 2 N–H and O–H groups in total. The van der Waals surface area contributed by atoms with E-state index in [1.54, 1.807) is 0 Å². The lowest BCUT2D eigenvalue weighted by molar-refractivity contribution is -0.0196. The number of nitrogens with one attached hydrogen (secondary N) is 1. The Balaban J connectivity index is 0.00000208. The maximum Gasteiger partial charge on any atom is 0.123 e. The summed E-state index contributed by atoms with van der Waals surface area (Å²) in [5.74, 6) is -0.215. The Labute approximate surface area is 148 Å². The molecular weight excluding hydrogens is 329 g/mol. The molecule has 2 aromatic rings. The van der Waals surface area contributed by atoms with Crippen LogP contribution in [0.4, 0.5) is 4.39 Å². The largest absolute Gasteiger partial charge is 0.508 e. The predicted molar refractivity (Wildman–Crippen MR) is 95.4 cm³/mol. The summed E-state index contributed by atoms with van der Waals surface area (Å²) in [4.78, 5) is 0. The topological polar surface area (TPSA) is 41.5 Å². The summed E-state index contributed by atoms with van der Waals surface area (Å²) < 4.78 is 19.6. The molecule has 0 amide bonds. The molecule has 0 radical (unpaired) electrons. The van der Waals surface area contributed by atoms with E-state index >= 15 is 0 Å². The number of phenolic OH excluding ortho intramolecular Hbond substituents is 1. The van der Waals surface area contributed by atoms with Crippen molar-refractivity contribution in [1.82, 2.24) is 5.32 Å². The van der Waals surface area contributed by atoms with Crippen LogP contribution in [-0.4, -0.2) is 30.9 Å². The molecule has 1 heterocycles. The lowest BCUT2D eigenvalue weighted by Gasteiger charge is -2.40. The van der Waals surface area contributed by atoms with Crippen LogP contribution >= 0.6 is 12.4 Å². The van der Waals surface area contributed by atoms with Crippen molar-refractivity contribution in [2.45, 2.75) is 24.9 Å². The first-order chi connectivity index (χ1) is 11.1. The lowest BCUT2D eigenvalue weighted by atomic mass is 9.72. The summed E-state index contributed by atoms with van der Waals surface area (Å²) in [7, 11) is 0. The highest BCUT2D eigenvalue weighted by Crippen LogP contribution is 2.36. The van der Waals surface area contributed by atoms with E-state index in [1.165, 1.54) is 18.2 Å². The fourth-order valence-corrected chi connectivity index (χ4v) is 3.29. The normalized spacial score (nSPS) is 20.0. The van der Waals surface area contributed by atoms with E-state index in [-0.39, 0.29) is 35.5 Å². The zero-order chi connectivity index (χ0) is 16.3. The molecule has 3 rings (SSSR count). The molecule has 1 aliphatic rings. The molecule has 2 atom stereocenters. The van der Waals surface area contributed by atoms with Crippen molar-refractivity contribution in [3.8, 4) is 5.75 Å². The molecule has 0 bridgehead atoms. The molecular formula is C19H23ClFNO2. The van der Waals surface area contributed by atoms with Gasteiger partial charge < -0.3 is 15.2 Å². The Hall–Kier alpha value is -1.62. The molecule has 2 unspecified atom stereocenters. The third-order valence-corrected chi connectivity index (χ3v) is 4.67. The second kappa shape index (κ2) is 7.97. The first kappa shape index (κ1) is 18.7. The van der Waals surface area contributed by atoms with Crippen LogP contribution in [0.2, 0.25) is 0 Å². The fraction of sp³-hybridized carbons (Fsp3) is 0.368. The molecule has 0 spiro atoms. The number of hydrogen-bond acceptors (Lipinski definition) is 3. The molecule has 2 aromatic carbocycles. The zero-order valence-corrected chi connectivity index (χ0v) is 14.5. The summed E-state index contributed by atoms with van der Waals surface area (Å²) in [6, 6.07) is 14.2. The van der Waals surface area contributed by atoms with Gasteiger partial charge in [0.25, 0.3) is 0 Å². The van der Waals surface area contributed by atoms with E-state index in [9.17, 15) is 9.50 Å². The summed E-state index contributed by atoms with van der Waals surface area (Å²) in [6.07, 6.45) is 0.466. The molecule has 0 aliphatic carbocycles. The molecule has 5 heteroatoms. The Morgan fingerprint density at radius 2 is 2.00 bits per heavy atom. The molecule has 1 aliphatic heterocycles. The average Bonchev–Trinajstić information content (AvgIpc) is 2.59. The molecule has 1 saturated heterocycles. The molecule has 0 saturated carbocycles. The first-order valence-electron chi connectivity index (χ1n) is 7.95. The number of hydrogen-bond donors (Lipinski definition) is 2. The van der Waals surface area contributed by atoms with Crippen molar-refractivity contribution in [2.75, 3.05) is 19.7 Å². The van der Waals surface area contributed by atoms with Crippen molar-refractivity contribution in [1.29, 1.82) is 0 Å². The van der Waals surface area contributed by atoms with Crippen LogP contribution in [-0.2, 0) is 16.6 Å². The average molecular weight is 352 g/mol. The van der Waals surface area contributed by atoms with Gasteiger partial charge in [-0.3, -0.25) is 0 Å². The maximum atomic E-state index is 13.6. The van der Waals surface area contributed by atoms with Crippen molar-refractivity contribution >= 4 is 12.4 Å². The van der Waals surface area contributed by atoms with Gasteiger partial charge in [0.2, 0.25) is 0 Å². The Morgan fingerprint density at radius 3 is 2.67 bits per heavy atom. The number of rotatable bonds is 4. The van der Waals surface area contributed by atoms with Gasteiger partial charge >= 0.3 is 0 Å². The van der Waals surface area contributed by atoms with Crippen LogP contribution in [0.3, 0.4) is 0 Å². The van der Waals surface area contributed by atoms with Gasteiger partial charge in [0.15, 0.2) is 0 Å². The van der Waals surface area contributed by atoms with Gasteiger partial charge in [-0.1, -0.05) is 37.3 Å². The van der Waals surface area contributed by atoms with Gasteiger partial charge in [-0.05, 0) is 35.7 Å². The highest BCUT2D eigenvalue weighted by molar-refractivity contribution is 5.85. The second-order valence-corrected chi connectivity index (χ2v) is 6.30. The standard InChI is InChI=1S/C19H22FNO2.ClH/c1-19(15-5-3-2-4-6-15,18-13-21-9-10-23-18)12-14-11-16(20)7-8-17(14)22;/h2-8,11,18,21-22H,9-10,12-13H2,1H3;1H. The van der Waals surface area contributed by atoms with Crippen LogP contribution in [0.5, 0.6) is 5.75 Å². The molecule has 24 heavy (non-hydrogen) atoms. The first-order valence-corrected chi connectivity index (χ1v) is 7.95. The minimum absolute atomic E-state index is 0. The van der Waals surface area contributed by atoms with Crippen LogP contribution in [0.15, 0.2) is 48.5 Å². The quantitative estimate of drug-likeness (QED) is 0.886. The van der Waals surface area contributed by atoms with E-state index in [0.29, 0.717) is 18.6 Å². The SMILES string of the molecule is CC(Cc1cc(F)ccc1O)(c1ccccc1)C1CNCCO1.Cl. The summed E-state index contributed by atoms with van der Waals surface area (Å²) in [5, 5.41) is 13.5. The molecule has 0 aromatic heterocycles. The fourth-order valence-electron chi connectivity index (χ4n) is 3.29. The van der Waals surface area contributed by atoms with Crippen LogP contribution < -0.4 is 5.32 Å². The third kappa shape index (κ3) is 3.89. The van der Waals surface area contributed by atoms with Crippen LogP contribution in [0, 0.1) is 5.82 Å². The highest BCUT2D eigenvalue weighted by atomic mass is 35.5. The van der Waals surface area contributed by atoms with Crippen LogP contribution in [0.25, 0.3) is 0 Å². The van der Waals surface area contributed by atoms with Gasteiger partial charge in [-0.2, -0.15) is 0 Å². The maximum absolute atomic E-state index is 13.6. The van der Waals surface area contributed by atoms with Crippen LogP contribution in [0.1, 0.15) is 18.1 Å². The van der Waals surface area contributed by atoms with Gasteiger partial charge in [-0.15, -0.1) is 12.4 Å². The summed E-state index contributed by atoms with van der Waals surface area (Å²) >= 11 is 0. The van der Waals surface area contributed by atoms with E-state index in [4.69, 9.17) is 4.74 Å². The minimum Gasteiger partial charge on any atom is -0.508 e. The lowest BCUT2D eigenvalue weighted by Crippen LogP contribution is -2.51. The number of halogens is 2. The number of benzene rings is 2. The zero-order valence-electron chi connectivity index (χ0n) is 13.7. The van der Waals surface area contributed by atoms with E-state index in [0.717, 1.165) is 18.7 Å². The molecule has 1 fully saturated rings. The Kier molecular flexibility index (Phi) is 6.21. The Morgan fingerprint density at radius 1 is 1.25 bits per heavy atom. The Bertz CT molecular complexity index is 662. The summed E-state index contributed by atoms with van der Waals surface area (Å²) in [6.45, 7) is 4.35. The van der Waals surface area contributed by atoms with Gasteiger partial charge in [0.1, 0.15) is 11.6 Å². The second-order valence-electron chi connectivity index (χ2n) is 6.30. The van der Waals surface area contributed by atoms with E-state index < -0.39 is 0 Å². The number of aromatic hydroxyl groups is 1. The number of morpholine rings is 1. The summed E-state index contributed by atoms with van der Waals surface area (Å²) in [5.41, 5.74) is 1.36. The van der Waals surface area contributed by atoms with E-state index in [2.05, 4.69) is 24.4 Å². The van der Waals surface area contributed by atoms with Gasteiger partial charge in [0, 0.05) is 18.5 Å². The number of ether oxygens (including phenoxy) is 1. The van der Waals surface area contributed by atoms with Crippen molar-refractivity contribution in [3.63, 3.8) is 0 Å².